The fourth-order valence-corrected chi connectivity index (χ4v) is 2.24. The van der Waals surface area contributed by atoms with Gasteiger partial charge in [0.15, 0.2) is 0 Å². The third kappa shape index (κ3) is 2.90. The third-order valence-corrected chi connectivity index (χ3v) is 3.25. The average Bonchev–Trinajstić information content (AvgIpc) is 3.01. The van der Waals surface area contributed by atoms with Crippen molar-refractivity contribution in [3.63, 3.8) is 0 Å². The number of ether oxygens (including phenoxy) is 1. The van der Waals surface area contributed by atoms with Crippen LogP contribution >= 0.6 is 0 Å². The molecule has 0 aliphatic carbocycles. The number of hydrogen-bond acceptors (Lipinski definition) is 5. The monoisotopic (exact) mass is 259 g/mol. The second-order valence-electron chi connectivity index (χ2n) is 4.68. The minimum atomic E-state index is 0.548. The highest BCUT2D eigenvalue weighted by Crippen LogP contribution is 2.18. The van der Waals surface area contributed by atoms with E-state index >= 15 is 0 Å². The van der Waals surface area contributed by atoms with Crippen LogP contribution < -0.4 is 10.1 Å². The van der Waals surface area contributed by atoms with Crippen molar-refractivity contribution in [2.24, 2.45) is 5.92 Å². The quantitative estimate of drug-likeness (QED) is 0.888. The molecule has 6 nitrogen and oxygen atoms in total. The molecule has 1 aliphatic heterocycles. The van der Waals surface area contributed by atoms with Crippen molar-refractivity contribution in [2.75, 3.05) is 19.7 Å². The summed E-state index contributed by atoms with van der Waals surface area (Å²) < 4.78 is 7.65. The van der Waals surface area contributed by atoms with Gasteiger partial charge in [-0.1, -0.05) is 0 Å². The Hall–Kier alpha value is -1.95. The average molecular weight is 259 g/mol. The molecule has 2 aromatic rings. The summed E-state index contributed by atoms with van der Waals surface area (Å²) in [7, 11) is 0. The molecular formula is C13H17N5O. The topological polar surface area (TPSA) is 64.9 Å². The second-order valence-corrected chi connectivity index (χ2v) is 4.68. The number of aromatic nitrogens is 4. The van der Waals surface area contributed by atoms with Crippen molar-refractivity contribution in [1.29, 1.82) is 0 Å². The highest BCUT2D eigenvalue weighted by atomic mass is 16.5. The van der Waals surface area contributed by atoms with E-state index in [2.05, 4.69) is 20.3 Å². The molecule has 0 amide bonds. The van der Waals surface area contributed by atoms with Crippen molar-refractivity contribution in [3.8, 4) is 11.7 Å². The maximum absolute atomic E-state index is 5.84. The van der Waals surface area contributed by atoms with Crippen LogP contribution in [-0.2, 0) is 0 Å². The van der Waals surface area contributed by atoms with Crippen LogP contribution in [0.2, 0.25) is 0 Å². The summed E-state index contributed by atoms with van der Waals surface area (Å²) in [4.78, 5) is 12.6. The molecule has 0 radical (unpaired) electrons. The van der Waals surface area contributed by atoms with E-state index in [0.29, 0.717) is 24.2 Å². The van der Waals surface area contributed by atoms with Gasteiger partial charge in [0.1, 0.15) is 6.33 Å². The van der Waals surface area contributed by atoms with Crippen LogP contribution in [0.25, 0.3) is 5.82 Å². The largest absolute Gasteiger partial charge is 0.475 e. The lowest BCUT2D eigenvalue weighted by Gasteiger charge is -2.22. The zero-order valence-corrected chi connectivity index (χ0v) is 10.7. The molecule has 1 N–H and O–H groups in total. The fraction of sp³-hybridized carbons (Fsp3) is 0.462. The predicted octanol–water partition coefficient (Wildman–Crippen LogP) is 1.04. The second kappa shape index (κ2) is 5.79. The molecule has 1 saturated heterocycles. The maximum Gasteiger partial charge on any atom is 0.258 e. The standard InChI is InChI=1S/C13H17N5O/c1-2-11(8-14-3-1)9-19-13-12(16-4-5-17-13)18-7-6-15-10-18/h4-7,10-11,14H,1-3,8-9H2. The molecule has 1 atom stereocenters. The molecule has 0 saturated carbocycles. The molecule has 0 aromatic carbocycles. The normalized spacial score (nSPS) is 19.3. The zero-order valence-electron chi connectivity index (χ0n) is 10.7. The summed E-state index contributed by atoms with van der Waals surface area (Å²) in [6.07, 6.45) is 11.0. The zero-order chi connectivity index (χ0) is 12.9. The number of nitrogens with zero attached hydrogens (tertiary/aromatic N) is 4. The molecule has 1 aliphatic rings. The fourth-order valence-electron chi connectivity index (χ4n) is 2.24. The van der Waals surface area contributed by atoms with Crippen LogP contribution in [0.5, 0.6) is 5.88 Å². The van der Waals surface area contributed by atoms with Crippen LogP contribution in [0.3, 0.4) is 0 Å². The molecule has 1 unspecified atom stereocenters. The highest BCUT2D eigenvalue weighted by molar-refractivity contribution is 5.33. The maximum atomic E-state index is 5.84. The van der Waals surface area contributed by atoms with Crippen molar-refractivity contribution in [1.82, 2.24) is 24.8 Å². The first kappa shape index (κ1) is 12.1. The van der Waals surface area contributed by atoms with Crippen molar-refractivity contribution in [2.45, 2.75) is 12.8 Å². The van der Waals surface area contributed by atoms with E-state index in [0.717, 1.165) is 13.1 Å². The van der Waals surface area contributed by atoms with E-state index < -0.39 is 0 Å². The van der Waals surface area contributed by atoms with Crippen molar-refractivity contribution >= 4 is 0 Å². The smallest absolute Gasteiger partial charge is 0.258 e. The van der Waals surface area contributed by atoms with Crippen molar-refractivity contribution in [3.05, 3.63) is 31.1 Å². The summed E-state index contributed by atoms with van der Waals surface area (Å²) in [5, 5.41) is 3.38. The van der Waals surface area contributed by atoms with Crippen LogP contribution in [-0.4, -0.2) is 39.2 Å². The van der Waals surface area contributed by atoms with Gasteiger partial charge in [-0.3, -0.25) is 4.57 Å². The van der Waals surface area contributed by atoms with Gasteiger partial charge in [0.2, 0.25) is 5.82 Å². The molecule has 2 aromatic heterocycles. The Morgan fingerprint density at radius 1 is 1.32 bits per heavy atom. The minimum Gasteiger partial charge on any atom is -0.475 e. The molecule has 3 rings (SSSR count). The Balaban J connectivity index is 1.70. The molecule has 19 heavy (non-hydrogen) atoms. The molecule has 1 fully saturated rings. The van der Waals surface area contributed by atoms with Gasteiger partial charge in [0.05, 0.1) is 6.61 Å². The lowest BCUT2D eigenvalue weighted by atomic mass is 10.0. The van der Waals surface area contributed by atoms with E-state index in [1.807, 2.05) is 6.20 Å². The van der Waals surface area contributed by atoms with Crippen LogP contribution in [0.1, 0.15) is 12.8 Å². The molecule has 100 valence electrons. The first-order chi connectivity index (χ1) is 9.43. The minimum absolute atomic E-state index is 0.548. The van der Waals surface area contributed by atoms with Crippen LogP contribution in [0.4, 0.5) is 0 Å². The van der Waals surface area contributed by atoms with Gasteiger partial charge in [-0.15, -0.1) is 0 Å². The molecule has 0 spiro atoms. The Labute approximate surface area is 111 Å². The molecular weight excluding hydrogens is 242 g/mol. The van der Waals surface area contributed by atoms with Crippen molar-refractivity contribution < 1.29 is 4.74 Å². The van der Waals surface area contributed by atoms with Gasteiger partial charge in [0.25, 0.3) is 5.88 Å². The van der Waals surface area contributed by atoms with Gasteiger partial charge in [0, 0.05) is 37.3 Å². The first-order valence-electron chi connectivity index (χ1n) is 6.56. The van der Waals surface area contributed by atoms with Gasteiger partial charge in [-0.2, -0.15) is 0 Å². The Kier molecular flexibility index (Phi) is 3.69. The SMILES string of the molecule is c1cn(-c2nccnc2OCC2CCCNC2)cn1. The van der Waals surface area contributed by atoms with E-state index in [1.165, 1.54) is 12.8 Å². The summed E-state index contributed by atoms with van der Waals surface area (Å²) in [5.74, 6) is 1.79. The number of hydrogen-bond donors (Lipinski definition) is 1. The van der Waals surface area contributed by atoms with Gasteiger partial charge < -0.3 is 10.1 Å². The Morgan fingerprint density at radius 3 is 3.05 bits per heavy atom. The Bertz CT molecular complexity index is 508. The lowest BCUT2D eigenvalue weighted by molar-refractivity contribution is 0.211. The first-order valence-corrected chi connectivity index (χ1v) is 6.56. The van der Waals surface area contributed by atoms with E-state index in [4.69, 9.17) is 4.74 Å². The predicted molar refractivity (Wildman–Crippen MR) is 70.2 cm³/mol. The molecule has 3 heterocycles. The van der Waals surface area contributed by atoms with Gasteiger partial charge in [-0.05, 0) is 19.4 Å². The van der Waals surface area contributed by atoms with Gasteiger partial charge >= 0.3 is 0 Å². The summed E-state index contributed by atoms with van der Waals surface area (Å²) in [5.41, 5.74) is 0. The van der Waals surface area contributed by atoms with E-state index in [9.17, 15) is 0 Å². The summed E-state index contributed by atoms with van der Waals surface area (Å²) >= 11 is 0. The molecule has 0 bridgehead atoms. The van der Waals surface area contributed by atoms with E-state index in [-0.39, 0.29) is 0 Å². The third-order valence-electron chi connectivity index (χ3n) is 3.25. The molecule has 6 heteroatoms. The summed E-state index contributed by atoms with van der Waals surface area (Å²) in [6.45, 7) is 2.80. The number of imidazole rings is 1. The number of nitrogens with one attached hydrogen (secondary N) is 1. The lowest BCUT2D eigenvalue weighted by Crippen LogP contribution is -2.33. The Morgan fingerprint density at radius 2 is 2.26 bits per heavy atom. The van der Waals surface area contributed by atoms with Crippen LogP contribution in [0, 0.1) is 5.92 Å². The van der Waals surface area contributed by atoms with Gasteiger partial charge in [-0.25, -0.2) is 15.0 Å². The highest BCUT2D eigenvalue weighted by Gasteiger charge is 2.15. The number of piperidine rings is 1. The van der Waals surface area contributed by atoms with Crippen LogP contribution in [0.15, 0.2) is 31.1 Å². The number of rotatable bonds is 4. The summed E-state index contributed by atoms with van der Waals surface area (Å²) in [6, 6.07) is 0. The van der Waals surface area contributed by atoms with E-state index in [1.54, 1.807) is 29.5 Å².